The highest BCUT2D eigenvalue weighted by Crippen LogP contribution is 2.27. The average Bonchev–Trinajstić information content (AvgIpc) is 2.36. The molecule has 1 rings (SSSR count). The third-order valence-corrected chi connectivity index (χ3v) is 4.45. The standard InChI is InChI=1S/C12H15ClN2O6S/c1-7(2)5-9(12(16)17)14-22(20,21)11-6-8(13)3-4-10(11)15(18)19/h3-4,6-7,9,14H,5H2,1-2H3,(H,16,17)/t9-/m1/s1. The van der Waals surface area contributed by atoms with Gasteiger partial charge >= 0.3 is 5.97 Å². The molecule has 0 saturated heterocycles. The topological polar surface area (TPSA) is 127 Å². The summed E-state index contributed by atoms with van der Waals surface area (Å²) < 4.78 is 26.5. The summed E-state index contributed by atoms with van der Waals surface area (Å²) >= 11 is 5.68. The molecule has 122 valence electrons. The predicted molar refractivity (Wildman–Crippen MR) is 79.3 cm³/mol. The van der Waals surface area contributed by atoms with Crippen LogP contribution in [0, 0.1) is 16.0 Å². The van der Waals surface area contributed by atoms with Crippen molar-refractivity contribution in [2.45, 2.75) is 31.2 Å². The summed E-state index contributed by atoms with van der Waals surface area (Å²) in [7, 11) is -4.41. The van der Waals surface area contributed by atoms with Crippen LogP contribution < -0.4 is 4.72 Å². The molecule has 1 aromatic rings. The minimum atomic E-state index is -4.41. The molecule has 0 bridgehead atoms. The van der Waals surface area contributed by atoms with Gasteiger partial charge in [-0.2, -0.15) is 4.72 Å². The van der Waals surface area contributed by atoms with Crippen LogP contribution in [-0.4, -0.2) is 30.5 Å². The molecule has 0 saturated carbocycles. The van der Waals surface area contributed by atoms with Gasteiger partial charge in [-0.25, -0.2) is 8.42 Å². The van der Waals surface area contributed by atoms with Crippen molar-refractivity contribution in [1.29, 1.82) is 0 Å². The normalized spacial score (nSPS) is 13.1. The Kier molecular flexibility index (Phi) is 5.86. The zero-order chi connectivity index (χ0) is 17.1. The van der Waals surface area contributed by atoms with Gasteiger partial charge in [0.15, 0.2) is 4.90 Å². The number of sulfonamides is 1. The molecule has 22 heavy (non-hydrogen) atoms. The van der Waals surface area contributed by atoms with Crippen LogP contribution in [0.5, 0.6) is 0 Å². The molecule has 8 nitrogen and oxygen atoms in total. The van der Waals surface area contributed by atoms with E-state index < -0.39 is 37.5 Å². The number of hydrogen-bond donors (Lipinski definition) is 2. The van der Waals surface area contributed by atoms with Crippen molar-refractivity contribution < 1.29 is 23.2 Å². The Bertz CT molecular complexity index is 689. The van der Waals surface area contributed by atoms with E-state index in [-0.39, 0.29) is 17.4 Å². The monoisotopic (exact) mass is 350 g/mol. The zero-order valence-corrected chi connectivity index (χ0v) is 13.4. The molecule has 0 amide bonds. The molecule has 10 heteroatoms. The molecule has 0 aliphatic heterocycles. The molecule has 0 aliphatic carbocycles. The number of carboxylic acid groups (broad SMARTS) is 1. The highest BCUT2D eigenvalue weighted by Gasteiger charge is 2.31. The first-order valence-corrected chi connectivity index (χ1v) is 8.09. The fraction of sp³-hybridized carbons (Fsp3) is 0.417. The van der Waals surface area contributed by atoms with E-state index in [9.17, 15) is 23.3 Å². The summed E-state index contributed by atoms with van der Waals surface area (Å²) in [5, 5.41) is 20.0. The van der Waals surface area contributed by atoms with E-state index in [1.807, 2.05) is 4.72 Å². The van der Waals surface area contributed by atoms with E-state index >= 15 is 0 Å². The highest BCUT2D eigenvalue weighted by molar-refractivity contribution is 7.89. The number of halogens is 1. The first-order valence-electron chi connectivity index (χ1n) is 6.23. The summed E-state index contributed by atoms with van der Waals surface area (Å²) in [6.07, 6.45) is 0.0446. The Balaban J connectivity index is 3.26. The minimum Gasteiger partial charge on any atom is -0.480 e. The molecule has 1 atom stereocenters. The smallest absolute Gasteiger partial charge is 0.321 e. The van der Waals surface area contributed by atoms with E-state index in [1.165, 1.54) is 6.07 Å². The molecule has 0 aromatic heterocycles. The summed E-state index contributed by atoms with van der Waals surface area (Å²) in [5.74, 6) is -1.44. The van der Waals surface area contributed by atoms with Crippen molar-refractivity contribution >= 4 is 33.3 Å². The average molecular weight is 351 g/mol. The fourth-order valence-electron chi connectivity index (χ4n) is 1.78. The molecule has 0 spiro atoms. The van der Waals surface area contributed by atoms with Gasteiger partial charge in [0.2, 0.25) is 10.0 Å². The molecule has 0 heterocycles. The quantitative estimate of drug-likeness (QED) is 0.572. The third kappa shape index (κ3) is 4.65. The number of carboxylic acids is 1. The van der Waals surface area contributed by atoms with Gasteiger partial charge in [-0.15, -0.1) is 0 Å². The van der Waals surface area contributed by atoms with Crippen molar-refractivity contribution in [2.24, 2.45) is 5.92 Å². The lowest BCUT2D eigenvalue weighted by Crippen LogP contribution is -2.41. The third-order valence-electron chi connectivity index (χ3n) is 2.71. The van der Waals surface area contributed by atoms with Crippen molar-refractivity contribution in [3.8, 4) is 0 Å². The van der Waals surface area contributed by atoms with Gasteiger partial charge in [-0.1, -0.05) is 25.4 Å². The number of hydrogen-bond acceptors (Lipinski definition) is 5. The Labute approximate surface area is 132 Å². The Hall–Kier alpha value is -1.71. The maximum Gasteiger partial charge on any atom is 0.321 e. The van der Waals surface area contributed by atoms with Crippen molar-refractivity contribution in [3.05, 3.63) is 33.3 Å². The van der Waals surface area contributed by atoms with E-state index in [0.717, 1.165) is 12.1 Å². The molecule has 0 fully saturated rings. The number of aliphatic carboxylic acids is 1. The maximum atomic E-state index is 12.3. The van der Waals surface area contributed by atoms with Gasteiger partial charge in [0, 0.05) is 11.1 Å². The SMILES string of the molecule is CC(C)C[C@@H](NS(=O)(=O)c1cc(Cl)ccc1[N+](=O)[O-])C(=O)O. The second kappa shape index (κ2) is 7.03. The number of benzene rings is 1. The van der Waals surface area contributed by atoms with Crippen molar-refractivity contribution in [2.75, 3.05) is 0 Å². The van der Waals surface area contributed by atoms with Gasteiger partial charge in [0.05, 0.1) is 4.92 Å². The largest absolute Gasteiger partial charge is 0.480 e. The minimum absolute atomic E-state index is 0.0123. The van der Waals surface area contributed by atoms with E-state index in [0.29, 0.717) is 0 Å². The number of nitro groups is 1. The van der Waals surface area contributed by atoms with Crippen LogP contribution in [0.4, 0.5) is 5.69 Å². The lowest BCUT2D eigenvalue weighted by molar-refractivity contribution is -0.387. The molecule has 2 N–H and O–H groups in total. The number of carbonyl (C=O) groups is 1. The van der Waals surface area contributed by atoms with Crippen LogP contribution in [0.3, 0.4) is 0 Å². The molecular weight excluding hydrogens is 336 g/mol. The zero-order valence-electron chi connectivity index (χ0n) is 11.8. The van der Waals surface area contributed by atoms with Crippen LogP contribution in [0.15, 0.2) is 23.1 Å². The molecule has 0 radical (unpaired) electrons. The van der Waals surface area contributed by atoms with E-state index in [4.69, 9.17) is 16.7 Å². The number of rotatable bonds is 7. The molecule has 0 aliphatic rings. The number of nitrogens with zero attached hydrogens (tertiary/aromatic N) is 1. The van der Waals surface area contributed by atoms with Crippen molar-refractivity contribution in [1.82, 2.24) is 4.72 Å². The lowest BCUT2D eigenvalue weighted by Gasteiger charge is -2.16. The molecule has 1 aromatic carbocycles. The predicted octanol–water partition coefficient (Wildman–Crippen LogP) is 2.03. The Morgan fingerprint density at radius 3 is 2.50 bits per heavy atom. The van der Waals surface area contributed by atoms with Gasteiger partial charge in [-0.05, 0) is 24.5 Å². The van der Waals surface area contributed by atoms with Crippen LogP contribution in [0.2, 0.25) is 5.02 Å². The maximum absolute atomic E-state index is 12.3. The summed E-state index contributed by atoms with van der Waals surface area (Å²) in [6.45, 7) is 3.46. The molecule has 0 unspecified atom stereocenters. The van der Waals surface area contributed by atoms with Gasteiger partial charge in [0.25, 0.3) is 5.69 Å². The first-order chi connectivity index (χ1) is 10.0. The van der Waals surface area contributed by atoms with Crippen LogP contribution in [0.1, 0.15) is 20.3 Å². The lowest BCUT2D eigenvalue weighted by atomic mass is 10.1. The number of nitrogens with one attached hydrogen (secondary N) is 1. The van der Waals surface area contributed by atoms with Gasteiger partial charge in [-0.3, -0.25) is 14.9 Å². The second-order valence-corrected chi connectivity index (χ2v) is 7.13. The number of nitro benzene ring substituents is 1. The van der Waals surface area contributed by atoms with E-state index in [1.54, 1.807) is 13.8 Å². The van der Waals surface area contributed by atoms with Gasteiger partial charge < -0.3 is 5.11 Å². The van der Waals surface area contributed by atoms with E-state index in [2.05, 4.69) is 0 Å². The summed E-state index contributed by atoms with van der Waals surface area (Å²) in [4.78, 5) is 20.5. The highest BCUT2D eigenvalue weighted by atomic mass is 35.5. The van der Waals surface area contributed by atoms with Crippen molar-refractivity contribution in [3.63, 3.8) is 0 Å². The summed E-state index contributed by atoms with van der Waals surface area (Å²) in [6, 6.07) is 1.66. The second-order valence-electron chi connectivity index (χ2n) is 5.01. The van der Waals surface area contributed by atoms with Crippen LogP contribution >= 0.6 is 11.6 Å². The van der Waals surface area contributed by atoms with Crippen LogP contribution in [-0.2, 0) is 14.8 Å². The van der Waals surface area contributed by atoms with Gasteiger partial charge in [0.1, 0.15) is 6.04 Å². The summed E-state index contributed by atoms with van der Waals surface area (Å²) in [5.41, 5.74) is -0.675. The molecular formula is C12H15ClN2O6S. The fourth-order valence-corrected chi connectivity index (χ4v) is 3.41. The van der Waals surface area contributed by atoms with Crippen LogP contribution in [0.25, 0.3) is 0 Å². The first kappa shape index (κ1) is 18.3. The Morgan fingerprint density at radius 1 is 1.45 bits per heavy atom. The Morgan fingerprint density at radius 2 is 2.05 bits per heavy atom.